The molecule has 2 aromatic carbocycles. The predicted octanol–water partition coefficient (Wildman–Crippen LogP) is 3.12. The highest BCUT2D eigenvalue weighted by Crippen LogP contribution is 2.30. The van der Waals surface area contributed by atoms with E-state index in [1.807, 2.05) is 44.1 Å². The molecule has 36 heavy (non-hydrogen) atoms. The van der Waals surface area contributed by atoms with E-state index < -0.39 is 10.0 Å². The molecular weight excluding hydrogens is 474 g/mol. The number of likely N-dealkylation sites (N-methyl/N-ethyl adjacent to an activating group) is 2. The van der Waals surface area contributed by atoms with Crippen LogP contribution in [0.3, 0.4) is 0 Å². The highest BCUT2D eigenvalue weighted by Gasteiger charge is 2.23. The van der Waals surface area contributed by atoms with Crippen LogP contribution in [0.1, 0.15) is 36.7 Å². The van der Waals surface area contributed by atoms with Crippen molar-refractivity contribution in [1.82, 2.24) is 15.1 Å². The van der Waals surface area contributed by atoms with Gasteiger partial charge in [-0.1, -0.05) is 26.0 Å². The maximum absolute atomic E-state index is 13.4. The van der Waals surface area contributed by atoms with Gasteiger partial charge < -0.3 is 20.0 Å². The molecule has 3 rings (SSSR count). The second-order valence-electron chi connectivity index (χ2n) is 10.0. The average Bonchev–Trinajstić information content (AvgIpc) is 2.84. The number of rotatable bonds is 11. The minimum Gasteiger partial charge on any atom is -0.367 e. The van der Waals surface area contributed by atoms with E-state index in [9.17, 15) is 13.2 Å². The van der Waals surface area contributed by atoms with Crippen LogP contribution >= 0.6 is 0 Å². The van der Waals surface area contributed by atoms with E-state index >= 15 is 0 Å². The van der Waals surface area contributed by atoms with Crippen LogP contribution in [0.15, 0.2) is 47.4 Å². The fourth-order valence-electron chi connectivity index (χ4n) is 4.32. The lowest BCUT2D eigenvalue weighted by molar-refractivity contribution is 0.0754. The van der Waals surface area contributed by atoms with Gasteiger partial charge in [0.1, 0.15) is 0 Å². The van der Waals surface area contributed by atoms with Gasteiger partial charge in [-0.2, -0.15) is 0 Å². The molecule has 1 aliphatic heterocycles. The Hall–Kier alpha value is -2.62. The number of sulfonamides is 1. The number of amides is 1. The van der Waals surface area contributed by atoms with Crippen molar-refractivity contribution < 1.29 is 13.2 Å². The second kappa shape index (κ2) is 12.6. The number of benzene rings is 2. The minimum absolute atomic E-state index is 0.107. The van der Waals surface area contributed by atoms with Gasteiger partial charge in [-0.05, 0) is 69.3 Å². The molecule has 9 heteroatoms. The van der Waals surface area contributed by atoms with Crippen molar-refractivity contribution in [2.45, 2.75) is 32.1 Å². The number of piperazine rings is 1. The van der Waals surface area contributed by atoms with Gasteiger partial charge in [-0.15, -0.1) is 0 Å². The lowest BCUT2D eigenvalue weighted by Gasteiger charge is -2.31. The Morgan fingerprint density at radius 1 is 1.06 bits per heavy atom. The van der Waals surface area contributed by atoms with E-state index in [1.54, 1.807) is 29.2 Å². The third kappa shape index (κ3) is 7.44. The number of carbonyl (C=O) groups excluding carboxylic acids is 1. The molecule has 0 aromatic heterocycles. The van der Waals surface area contributed by atoms with Crippen molar-refractivity contribution >= 4 is 27.3 Å². The van der Waals surface area contributed by atoms with Crippen LogP contribution in [-0.4, -0.2) is 84.0 Å². The molecule has 8 nitrogen and oxygen atoms in total. The Labute approximate surface area is 216 Å². The highest BCUT2D eigenvalue weighted by atomic mass is 32.2. The maximum Gasteiger partial charge on any atom is 0.261 e. The van der Waals surface area contributed by atoms with Crippen LogP contribution < -0.4 is 14.9 Å². The lowest BCUT2D eigenvalue weighted by atomic mass is 10.0. The Morgan fingerprint density at radius 2 is 1.72 bits per heavy atom. The molecule has 1 amide bonds. The van der Waals surface area contributed by atoms with Gasteiger partial charge >= 0.3 is 0 Å². The number of anilines is 2. The fourth-order valence-corrected chi connectivity index (χ4v) is 5.38. The summed E-state index contributed by atoms with van der Waals surface area (Å²) in [6, 6.07) is 12.4. The first kappa shape index (κ1) is 28.0. The molecule has 1 heterocycles. The maximum atomic E-state index is 13.4. The van der Waals surface area contributed by atoms with Gasteiger partial charge in [-0.25, -0.2) is 8.42 Å². The fraction of sp³-hybridized carbons (Fsp3) is 0.519. The molecule has 0 bridgehead atoms. The summed E-state index contributed by atoms with van der Waals surface area (Å²) in [6.07, 6.45) is 0.896. The zero-order valence-electron chi connectivity index (χ0n) is 22.3. The van der Waals surface area contributed by atoms with E-state index in [-0.39, 0.29) is 10.8 Å². The molecule has 2 N–H and O–H groups in total. The second-order valence-corrected chi connectivity index (χ2v) is 11.7. The topological polar surface area (TPSA) is 85.0 Å². The quantitative estimate of drug-likeness (QED) is 0.478. The standard InChI is InChI=1S/C27H41N5O3S/c1-6-31(18-17-30(4)5)27(33)23-9-12-26(32-15-13-28-14-16-32)25(20-23)29-36(34,35)24-10-7-22(8-11-24)19-21(2)3/h7-12,20-21,28-29H,6,13-19H2,1-5H3. The van der Waals surface area contributed by atoms with Crippen molar-refractivity contribution in [2.75, 3.05) is 69.5 Å². The molecule has 198 valence electrons. The van der Waals surface area contributed by atoms with Gasteiger partial charge in [0.15, 0.2) is 0 Å². The van der Waals surface area contributed by atoms with Gasteiger partial charge in [0, 0.05) is 51.4 Å². The Morgan fingerprint density at radius 3 is 2.31 bits per heavy atom. The molecular formula is C27H41N5O3S. The largest absolute Gasteiger partial charge is 0.367 e. The molecule has 0 radical (unpaired) electrons. The summed E-state index contributed by atoms with van der Waals surface area (Å²) in [5, 5.41) is 3.33. The number of carbonyl (C=O) groups is 1. The molecule has 0 aliphatic carbocycles. The first-order valence-electron chi connectivity index (χ1n) is 12.8. The summed E-state index contributed by atoms with van der Waals surface area (Å²) >= 11 is 0. The smallest absolute Gasteiger partial charge is 0.261 e. The molecule has 0 saturated carbocycles. The van der Waals surface area contributed by atoms with Crippen LogP contribution in [0.2, 0.25) is 0 Å². The first-order valence-corrected chi connectivity index (χ1v) is 14.2. The van der Waals surface area contributed by atoms with Crippen molar-refractivity contribution in [3.8, 4) is 0 Å². The number of hydrogen-bond acceptors (Lipinski definition) is 6. The minimum atomic E-state index is -3.83. The SMILES string of the molecule is CCN(CCN(C)C)C(=O)c1ccc(N2CCNCC2)c(NS(=O)(=O)c2ccc(CC(C)C)cc2)c1. The van der Waals surface area contributed by atoms with Gasteiger partial charge in [0.05, 0.1) is 16.3 Å². The molecule has 1 saturated heterocycles. The summed E-state index contributed by atoms with van der Waals surface area (Å²) in [6.45, 7) is 11.3. The van der Waals surface area contributed by atoms with E-state index in [0.29, 0.717) is 30.3 Å². The van der Waals surface area contributed by atoms with Gasteiger partial charge in [0.2, 0.25) is 0 Å². The predicted molar refractivity (Wildman–Crippen MR) is 147 cm³/mol. The number of hydrogen-bond donors (Lipinski definition) is 2. The Kier molecular flexibility index (Phi) is 9.76. The third-order valence-corrected chi connectivity index (χ3v) is 7.69. The Balaban J connectivity index is 1.93. The van der Waals surface area contributed by atoms with Crippen LogP contribution in [-0.2, 0) is 16.4 Å². The van der Waals surface area contributed by atoms with E-state index in [1.165, 1.54) is 0 Å². The Bertz CT molecular complexity index is 1110. The monoisotopic (exact) mass is 515 g/mol. The summed E-state index contributed by atoms with van der Waals surface area (Å²) in [5.74, 6) is 0.387. The van der Waals surface area contributed by atoms with Crippen LogP contribution in [0.25, 0.3) is 0 Å². The summed E-state index contributed by atoms with van der Waals surface area (Å²) in [5.41, 5.74) is 2.79. The van der Waals surface area contributed by atoms with E-state index in [0.717, 1.165) is 50.4 Å². The molecule has 0 unspecified atom stereocenters. The highest BCUT2D eigenvalue weighted by molar-refractivity contribution is 7.92. The van der Waals surface area contributed by atoms with Crippen molar-refractivity contribution in [3.05, 3.63) is 53.6 Å². The molecule has 1 aliphatic rings. The van der Waals surface area contributed by atoms with Gasteiger partial charge in [0.25, 0.3) is 15.9 Å². The van der Waals surface area contributed by atoms with Crippen molar-refractivity contribution in [3.63, 3.8) is 0 Å². The average molecular weight is 516 g/mol. The normalized spacial score (nSPS) is 14.4. The van der Waals surface area contributed by atoms with Crippen LogP contribution in [0.4, 0.5) is 11.4 Å². The van der Waals surface area contributed by atoms with Crippen molar-refractivity contribution in [2.24, 2.45) is 5.92 Å². The first-order chi connectivity index (χ1) is 17.1. The summed E-state index contributed by atoms with van der Waals surface area (Å²) in [7, 11) is 0.117. The van der Waals surface area contributed by atoms with Gasteiger partial charge in [-0.3, -0.25) is 9.52 Å². The van der Waals surface area contributed by atoms with Crippen LogP contribution in [0, 0.1) is 5.92 Å². The van der Waals surface area contributed by atoms with Crippen LogP contribution in [0.5, 0.6) is 0 Å². The lowest BCUT2D eigenvalue weighted by Crippen LogP contribution is -2.44. The zero-order valence-corrected chi connectivity index (χ0v) is 23.1. The summed E-state index contributed by atoms with van der Waals surface area (Å²) in [4.78, 5) is 19.5. The van der Waals surface area contributed by atoms with E-state index in [2.05, 4.69) is 28.8 Å². The number of nitrogens with one attached hydrogen (secondary N) is 2. The van der Waals surface area contributed by atoms with E-state index in [4.69, 9.17) is 0 Å². The molecule has 0 spiro atoms. The molecule has 2 aromatic rings. The summed E-state index contributed by atoms with van der Waals surface area (Å²) < 4.78 is 29.5. The molecule has 1 fully saturated rings. The zero-order chi connectivity index (χ0) is 26.3. The number of nitrogens with zero attached hydrogens (tertiary/aromatic N) is 3. The van der Waals surface area contributed by atoms with Crippen molar-refractivity contribution in [1.29, 1.82) is 0 Å². The third-order valence-electron chi connectivity index (χ3n) is 6.31. The molecule has 0 atom stereocenters.